The quantitative estimate of drug-likeness (QED) is 0.451. The topological polar surface area (TPSA) is 97.5 Å². The standard InChI is InChI=1S/C19H18ClFIN5O2/c1-10(23)19(29)8-27(9-19)18(28)12-7-26-5-4-24-17(26)15(20)16(12)25-14-3-2-11(22)6-13(14)21/h2-7,10,25,29H,8-9,23H2,1H3/p+1. The summed E-state index contributed by atoms with van der Waals surface area (Å²) >= 11 is 8.56. The molecule has 1 amide bonds. The first-order valence-electron chi connectivity index (χ1n) is 8.91. The first-order chi connectivity index (χ1) is 13.7. The highest BCUT2D eigenvalue weighted by Crippen LogP contribution is 2.35. The molecule has 0 spiro atoms. The maximum atomic E-state index is 14.4. The number of hydrogen-bond acceptors (Lipinski definition) is 4. The number of imidazole rings is 1. The van der Waals surface area contributed by atoms with E-state index >= 15 is 0 Å². The summed E-state index contributed by atoms with van der Waals surface area (Å²) in [6.07, 6.45) is 4.85. The van der Waals surface area contributed by atoms with Gasteiger partial charge in [0.05, 0.1) is 30.0 Å². The van der Waals surface area contributed by atoms with Crippen molar-refractivity contribution in [3.63, 3.8) is 0 Å². The van der Waals surface area contributed by atoms with Crippen molar-refractivity contribution in [2.45, 2.75) is 18.6 Å². The molecule has 0 aliphatic carbocycles. The van der Waals surface area contributed by atoms with Crippen LogP contribution in [-0.2, 0) is 0 Å². The molecule has 152 valence electrons. The first kappa shape index (κ1) is 20.3. The van der Waals surface area contributed by atoms with Crippen LogP contribution in [0.5, 0.6) is 0 Å². The SMILES string of the molecule is CC([NH3+])C1(O)CN(C(=O)c2cn3ccnc3c(Cl)c2Nc2ccc(I)cc2F)C1. The average molecular weight is 531 g/mol. The summed E-state index contributed by atoms with van der Waals surface area (Å²) < 4.78 is 16.8. The Morgan fingerprint density at radius 3 is 2.86 bits per heavy atom. The van der Waals surface area contributed by atoms with Crippen LogP contribution in [0.2, 0.25) is 5.02 Å². The number of β-amino-alcohol motifs (C(OH)–C–C–N with tert-alkyl or cyclic N) is 1. The zero-order valence-electron chi connectivity index (χ0n) is 15.5. The highest BCUT2D eigenvalue weighted by molar-refractivity contribution is 14.1. The van der Waals surface area contributed by atoms with E-state index in [0.717, 1.165) is 3.57 Å². The lowest BCUT2D eigenvalue weighted by atomic mass is 9.87. The summed E-state index contributed by atoms with van der Waals surface area (Å²) in [7, 11) is 0. The monoisotopic (exact) mass is 530 g/mol. The van der Waals surface area contributed by atoms with Crippen LogP contribution in [-0.4, -0.2) is 50.0 Å². The number of benzene rings is 1. The largest absolute Gasteiger partial charge is 0.380 e. The lowest BCUT2D eigenvalue weighted by Gasteiger charge is -2.47. The fourth-order valence-corrected chi connectivity index (χ4v) is 4.02. The van der Waals surface area contributed by atoms with Gasteiger partial charge in [0.15, 0.2) is 11.2 Å². The highest BCUT2D eigenvalue weighted by Gasteiger charge is 2.49. The number of rotatable bonds is 4. The van der Waals surface area contributed by atoms with Crippen LogP contribution < -0.4 is 11.1 Å². The van der Waals surface area contributed by atoms with Crippen LogP contribution in [0.15, 0.2) is 36.8 Å². The summed E-state index contributed by atoms with van der Waals surface area (Å²) in [6.45, 7) is 2.16. The summed E-state index contributed by atoms with van der Waals surface area (Å²) in [5.74, 6) is -0.778. The molecule has 7 nitrogen and oxygen atoms in total. The van der Waals surface area contributed by atoms with E-state index in [1.54, 1.807) is 35.1 Å². The van der Waals surface area contributed by atoms with Crippen molar-refractivity contribution in [1.29, 1.82) is 0 Å². The van der Waals surface area contributed by atoms with E-state index in [-0.39, 0.29) is 47.0 Å². The van der Waals surface area contributed by atoms with E-state index in [0.29, 0.717) is 5.65 Å². The summed E-state index contributed by atoms with van der Waals surface area (Å²) in [5.41, 5.74) is 4.03. The number of nitrogens with one attached hydrogen (secondary N) is 1. The number of pyridine rings is 1. The molecule has 5 N–H and O–H groups in total. The number of aromatic nitrogens is 2. The molecule has 1 atom stereocenters. The predicted molar refractivity (Wildman–Crippen MR) is 116 cm³/mol. The molecule has 3 aromatic rings. The molecule has 1 fully saturated rings. The zero-order valence-corrected chi connectivity index (χ0v) is 18.4. The first-order valence-corrected chi connectivity index (χ1v) is 10.4. The second kappa shape index (κ2) is 7.38. The molecule has 1 aromatic carbocycles. The number of nitrogens with zero attached hydrogens (tertiary/aromatic N) is 3. The van der Waals surface area contributed by atoms with Gasteiger partial charge in [-0.25, -0.2) is 9.37 Å². The van der Waals surface area contributed by atoms with Crippen molar-refractivity contribution in [3.05, 3.63) is 56.8 Å². The van der Waals surface area contributed by atoms with E-state index in [2.05, 4.69) is 16.0 Å². The summed E-state index contributed by atoms with van der Waals surface area (Å²) in [5, 5.41) is 13.6. The molecular weight excluding hydrogens is 512 g/mol. The third-order valence-electron chi connectivity index (χ3n) is 5.18. The molecule has 10 heteroatoms. The molecule has 4 rings (SSSR count). The predicted octanol–water partition coefficient (Wildman–Crippen LogP) is 2.29. The Balaban J connectivity index is 1.75. The maximum absolute atomic E-state index is 14.4. The van der Waals surface area contributed by atoms with E-state index in [1.807, 2.05) is 29.5 Å². The van der Waals surface area contributed by atoms with Gasteiger partial charge in [0, 0.05) is 22.2 Å². The number of hydrogen-bond donors (Lipinski definition) is 3. The summed E-state index contributed by atoms with van der Waals surface area (Å²) in [6, 6.07) is 4.51. The normalized spacial score (nSPS) is 16.6. The van der Waals surface area contributed by atoms with Crippen molar-refractivity contribution >= 4 is 57.1 Å². The minimum absolute atomic E-state index is 0.174. The summed E-state index contributed by atoms with van der Waals surface area (Å²) in [4.78, 5) is 18.9. The van der Waals surface area contributed by atoms with Crippen molar-refractivity contribution in [2.24, 2.45) is 0 Å². The molecule has 1 aliphatic rings. The molecule has 3 heterocycles. The molecule has 0 radical (unpaired) electrons. The number of quaternary nitrogens is 1. The third-order valence-corrected chi connectivity index (χ3v) is 6.21. The zero-order chi connectivity index (χ0) is 20.9. The molecule has 2 aromatic heterocycles. The van der Waals surface area contributed by atoms with Crippen molar-refractivity contribution < 1.29 is 20.0 Å². The Morgan fingerprint density at radius 1 is 1.48 bits per heavy atom. The highest BCUT2D eigenvalue weighted by atomic mass is 127. The van der Waals surface area contributed by atoms with Crippen LogP contribution in [0.25, 0.3) is 5.65 Å². The number of likely N-dealkylation sites (tertiary alicyclic amines) is 1. The van der Waals surface area contributed by atoms with Gasteiger partial charge in [0.1, 0.15) is 16.9 Å². The van der Waals surface area contributed by atoms with Gasteiger partial charge in [-0.3, -0.25) is 4.79 Å². The Labute approximate surface area is 184 Å². The van der Waals surface area contributed by atoms with Gasteiger partial charge in [-0.1, -0.05) is 11.6 Å². The molecule has 0 bridgehead atoms. The Morgan fingerprint density at radius 2 is 2.21 bits per heavy atom. The van der Waals surface area contributed by atoms with Crippen LogP contribution in [0.3, 0.4) is 0 Å². The molecule has 1 aliphatic heterocycles. The molecule has 1 saturated heterocycles. The number of carbonyl (C=O) groups excluding carboxylic acids is 1. The fraction of sp³-hybridized carbons (Fsp3) is 0.263. The van der Waals surface area contributed by atoms with E-state index in [4.69, 9.17) is 11.6 Å². The molecule has 29 heavy (non-hydrogen) atoms. The van der Waals surface area contributed by atoms with E-state index in [9.17, 15) is 14.3 Å². The Kier molecular flexibility index (Phi) is 5.18. The van der Waals surface area contributed by atoms with Gasteiger partial charge in [-0.05, 0) is 47.7 Å². The van der Waals surface area contributed by atoms with Crippen LogP contribution in [0.1, 0.15) is 17.3 Å². The lowest BCUT2D eigenvalue weighted by Crippen LogP contribution is -2.80. The maximum Gasteiger partial charge on any atom is 0.257 e. The van der Waals surface area contributed by atoms with Gasteiger partial charge < -0.3 is 25.5 Å². The van der Waals surface area contributed by atoms with Crippen LogP contribution in [0, 0.1) is 9.39 Å². The van der Waals surface area contributed by atoms with E-state index < -0.39 is 11.4 Å². The van der Waals surface area contributed by atoms with Gasteiger partial charge in [0.2, 0.25) is 0 Å². The van der Waals surface area contributed by atoms with E-state index in [1.165, 1.54) is 11.0 Å². The number of aliphatic hydroxyl groups is 1. The fourth-order valence-electron chi connectivity index (χ4n) is 3.27. The number of amides is 1. The molecule has 1 unspecified atom stereocenters. The molecular formula is C19H19ClFIN5O2+. The molecule has 0 saturated carbocycles. The van der Waals surface area contributed by atoms with Crippen LogP contribution in [0.4, 0.5) is 15.8 Å². The minimum Gasteiger partial charge on any atom is -0.380 e. The Bertz CT molecular complexity index is 1110. The van der Waals surface area contributed by atoms with Gasteiger partial charge in [-0.2, -0.15) is 0 Å². The second-order valence-electron chi connectivity index (χ2n) is 7.30. The average Bonchev–Trinajstić information content (AvgIpc) is 3.11. The second-order valence-corrected chi connectivity index (χ2v) is 8.93. The van der Waals surface area contributed by atoms with Crippen LogP contribution >= 0.6 is 34.2 Å². The van der Waals surface area contributed by atoms with Gasteiger partial charge in [0.25, 0.3) is 5.91 Å². The van der Waals surface area contributed by atoms with Crippen molar-refractivity contribution in [3.8, 4) is 0 Å². The smallest absolute Gasteiger partial charge is 0.257 e. The third kappa shape index (κ3) is 3.56. The number of fused-ring (bicyclic) bond motifs is 1. The van der Waals surface area contributed by atoms with Crippen molar-refractivity contribution in [1.82, 2.24) is 14.3 Å². The number of halogens is 3. The van der Waals surface area contributed by atoms with Crippen molar-refractivity contribution in [2.75, 3.05) is 18.4 Å². The van der Waals surface area contributed by atoms with Gasteiger partial charge >= 0.3 is 0 Å². The number of anilines is 2. The number of carbonyl (C=O) groups is 1. The minimum atomic E-state index is -1.01. The lowest BCUT2D eigenvalue weighted by molar-refractivity contribution is -0.456. The van der Waals surface area contributed by atoms with Gasteiger partial charge in [-0.15, -0.1) is 0 Å². The Hall–Kier alpha value is -1.95.